The predicted molar refractivity (Wildman–Crippen MR) is 74.3 cm³/mol. The Kier molecular flexibility index (Phi) is 7.14. The maximum atomic E-state index is 3.62. The van der Waals surface area contributed by atoms with Gasteiger partial charge in [-0.3, -0.25) is 4.99 Å². The fourth-order valence-electron chi connectivity index (χ4n) is 1.35. The third-order valence-electron chi connectivity index (χ3n) is 2.12. The highest BCUT2D eigenvalue weighted by molar-refractivity contribution is 5.79. The molecule has 3 N–H and O–H groups in total. The topological polar surface area (TPSA) is 60.8 Å². The molecule has 2 rings (SSSR count). The van der Waals surface area contributed by atoms with Crippen LogP contribution in [0, 0.1) is 0 Å². The van der Waals surface area contributed by atoms with Crippen molar-refractivity contribution in [2.24, 2.45) is 12.0 Å². The van der Waals surface area contributed by atoms with Crippen molar-refractivity contribution in [2.75, 3.05) is 7.05 Å². The van der Waals surface area contributed by atoms with Crippen LogP contribution >= 0.6 is 0 Å². The average molecular weight is 233 g/mol. The highest BCUT2D eigenvalue weighted by atomic mass is 16.0. The zero-order valence-electron chi connectivity index (χ0n) is 10.2. The van der Waals surface area contributed by atoms with Gasteiger partial charge >= 0.3 is 0 Å². The second kappa shape index (κ2) is 8.13. The monoisotopic (exact) mass is 233 g/mol. The van der Waals surface area contributed by atoms with Gasteiger partial charge in [0.05, 0.1) is 6.34 Å². The minimum atomic E-state index is 0. The molecule has 0 atom stereocenters. The van der Waals surface area contributed by atoms with Gasteiger partial charge in [-0.05, 0) is 23.7 Å². The summed E-state index contributed by atoms with van der Waals surface area (Å²) in [6.07, 6.45) is 5.20. The molecule has 0 saturated heterocycles. The first-order valence-corrected chi connectivity index (χ1v) is 5.07. The number of benzene rings is 1. The Hall–Kier alpha value is -2.07. The van der Waals surface area contributed by atoms with E-state index in [-0.39, 0.29) is 5.48 Å². The molecule has 0 aliphatic carbocycles. The largest absolute Gasteiger partial charge is 0.412 e. The van der Waals surface area contributed by atoms with Gasteiger partial charge in [0.1, 0.15) is 0 Å². The Morgan fingerprint density at radius 3 is 2.53 bits per heavy atom. The SMILES string of the molecule is C=CNC=NC.Cn1ccc2ccccc21.O. The summed E-state index contributed by atoms with van der Waals surface area (Å²) in [4.78, 5) is 3.62. The lowest BCUT2D eigenvalue weighted by Gasteiger charge is -1.92. The van der Waals surface area contributed by atoms with Crippen LogP contribution in [0.1, 0.15) is 0 Å². The Morgan fingerprint density at radius 2 is 2.00 bits per heavy atom. The minimum Gasteiger partial charge on any atom is -0.412 e. The van der Waals surface area contributed by atoms with Gasteiger partial charge in [0, 0.05) is 25.8 Å². The number of aromatic nitrogens is 1. The molecule has 0 amide bonds. The van der Waals surface area contributed by atoms with Gasteiger partial charge in [-0.15, -0.1) is 0 Å². The summed E-state index contributed by atoms with van der Waals surface area (Å²) >= 11 is 0. The van der Waals surface area contributed by atoms with Crippen molar-refractivity contribution in [3.8, 4) is 0 Å². The van der Waals surface area contributed by atoms with Crippen LogP contribution in [-0.2, 0) is 7.05 Å². The maximum Gasteiger partial charge on any atom is 0.0859 e. The van der Waals surface area contributed by atoms with Gasteiger partial charge in [-0.2, -0.15) is 0 Å². The molecule has 0 spiro atoms. The van der Waals surface area contributed by atoms with E-state index in [0.717, 1.165) is 0 Å². The lowest BCUT2D eigenvalue weighted by molar-refractivity contribution is 0.824. The number of fused-ring (bicyclic) bond motifs is 1. The average Bonchev–Trinajstić information content (AvgIpc) is 2.70. The molecule has 4 heteroatoms. The van der Waals surface area contributed by atoms with Crippen molar-refractivity contribution >= 4 is 17.2 Å². The number of aryl methyl sites for hydroxylation is 1. The maximum absolute atomic E-state index is 3.62. The van der Waals surface area contributed by atoms with Crippen molar-refractivity contribution < 1.29 is 5.48 Å². The number of hydrogen-bond donors (Lipinski definition) is 1. The number of rotatable bonds is 2. The molecule has 0 fully saturated rings. The van der Waals surface area contributed by atoms with Gasteiger partial charge in [-0.25, -0.2) is 0 Å². The third kappa shape index (κ3) is 4.53. The van der Waals surface area contributed by atoms with Crippen LogP contribution in [0.3, 0.4) is 0 Å². The van der Waals surface area contributed by atoms with E-state index in [4.69, 9.17) is 0 Å². The van der Waals surface area contributed by atoms with Crippen molar-refractivity contribution in [3.63, 3.8) is 0 Å². The van der Waals surface area contributed by atoms with Crippen LogP contribution in [0.5, 0.6) is 0 Å². The summed E-state index contributed by atoms with van der Waals surface area (Å²) in [6, 6.07) is 10.5. The van der Waals surface area contributed by atoms with Crippen LogP contribution in [0.15, 0.2) is 54.3 Å². The molecule has 0 saturated carbocycles. The Labute approximate surface area is 102 Å². The number of para-hydroxylation sites is 1. The first-order chi connectivity index (χ1) is 7.79. The predicted octanol–water partition coefficient (Wildman–Crippen LogP) is 1.73. The number of nitrogens with one attached hydrogen (secondary N) is 1. The number of aliphatic imine (C=N–C) groups is 1. The molecular formula is C13H19N3O. The summed E-state index contributed by atoms with van der Waals surface area (Å²) in [5, 5.41) is 3.98. The molecule has 0 radical (unpaired) electrons. The lowest BCUT2D eigenvalue weighted by atomic mass is 10.2. The molecule has 1 aromatic carbocycles. The second-order valence-electron chi connectivity index (χ2n) is 3.24. The zero-order chi connectivity index (χ0) is 11.8. The highest BCUT2D eigenvalue weighted by Gasteiger charge is 1.92. The number of hydrogen-bond acceptors (Lipinski definition) is 1. The van der Waals surface area contributed by atoms with Crippen LogP contribution in [-0.4, -0.2) is 23.4 Å². The summed E-state index contributed by atoms with van der Waals surface area (Å²) in [5.41, 5.74) is 1.29. The molecule has 2 aromatic rings. The summed E-state index contributed by atoms with van der Waals surface area (Å²) in [7, 11) is 3.75. The standard InChI is InChI=1S/C9H9N.C4H8N2.H2O/c1-10-7-6-8-4-2-3-5-9(8)10;1-3-6-4-5-2;/h2-7H,1H3;3-4H,1H2,2H3,(H,5,6);1H2. The molecule has 1 heterocycles. The fourth-order valence-corrected chi connectivity index (χ4v) is 1.35. The van der Waals surface area contributed by atoms with E-state index in [0.29, 0.717) is 0 Å². The fraction of sp³-hybridized carbons (Fsp3) is 0.154. The Balaban J connectivity index is 0.000000324. The molecule has 17 heavy (non-hydrogen) atoms. The van der Waals surface area contributed by atoms with E-state index in [1.165, 1.54) is 10.9 Å². The normalized spacial score (nSPS) is 9.29. The van der Waals surface area contributed by atoms with Crippen molar-refractivity contribution in [2.45, 2.75) is 0 Å². The van der Waals surface area contributed by atoms with E-state index >= 15 is 0 Å². The van der Waals surface area contributed by atoms with Crippen LogP contribution in [0.25, 0.3) is 10.9 Å². The molecule has 0 bridgehead atoms. The van der Waals surface area contributed by atoms with Gasteiger partial charge in [-0.1, -0.05) is 24.8 Å². The van der Waals surface area contributed by atoms with Gasteiger partial charge in [0.25, 0.3) is 0 Å². The van der Waals surface area contributed by atoms with E-state index in [9.17, 15) is 0 Å². The first-order valence-electron chi connectivity index (χ1n) is 5.07. The molecule has 0 aliphatic heterocycles. The smallest absolute Gasteiger partial charge is 0.0859 e. The molecule has 1 aromatic heterocycles. The Morgan fingerprint density at radius 1 is 1.29 bits per heavy atom. The van der Waals surface area contributed by atoms with E-state index in [2.05, 4.69) is 65.0 Å². The molecule has 0 aliphatic rings. The molecular weight excluding hydrogens is 214 g/mol. The van der Waals surface area contributed by atoms with Crippen LogP contribution < -0.4 is 5.32 Å². The van der Waals surface area contributed by atoms with Crippen LogP contribution in [0.2, 0.25) is 0 Å². The van der Waals surface area contributed by atoms with E-state index < -0.39 is 0 Å². The van der Waals surface area contributed by atoms with E-state index in [1.54, 1.807) is 19.6 Å². The summed E-state index contributed by atoms with van der Waals surface area (Å²) in [5.74, 6) is 0. The molecule has 4 nitrogen and oxygen atoms in total. The molecule has 92 valence electrons. The van der Waals surface area contributed by atoms with Crippen molar-refractivity contribution in [3.05, 3.63) is 49.3 Å². The highest BCUT2D eigenvalue weighted by Crippen LogP contribution is 2.12. The van der Waals surface area contributed by atoms with Crippen molar-refractivity contribution in [1.82, 2.24) is 9.88 Å². The van der Waals surface area contributed by atoms with Gasteiger partial charge in [0.15, 0.2) is 0 Å². The first kappa shape index (κ1) is 14.9. The second-order valence-corrected chi connectivity index (χ2v) is 3.24. The number of nitrogens with zero attached hydrogens (tertiary/aromatic N) is 2. The van der Waals surface area contributed by atoms with Gasteiger partial charge < -0.3 is 15.4 Å². The van der Waals surface area contributed by atoms with Crippen molar-refractivity contribution in [1.29, 1.82) is 0 Å². The summed E-state index contributed by atoms with van der Waals surface area (Å²) in [6.45, 7) is 3.40. The lowest BCUT2D eigenvalue weighted by Crippen LogP contribution is -1.97. The van der Waals surface area contributed by atoms with Gasteiger partial charge in [0.2, 0.25) is 0 Å². The molecule has 0 unspecified atom stereocenters. The quantitative estimate of drug-likeness (QED) is 0.623. The van der Waals surface area contributed by atoms with E-state index in [1.807, 2.05) is 0 Å². The Bertz CT molecular complexity index is 474. The third-order valence-corrected chi connectivity index (χ3v) is 2.12. The minimum absolute atomic E-state index is 0. The zero-order valence-corrected chi connectivity index (χ0v) is 10.2. The summed E-state index contributed by atoms with van der Waals surface area (Å²) < 4.78 is 2.12. The van der Waals surface area contributed by atoms with Crippen LogP contribution in [0.4, 0.5) is 0 Å².